The van der Waals surface area contributed by atoms with E-state index in [4.69, 9.17) is 0 Å². The van der Waals surface area contributed by atoms with E-state index >= 15 is 0 Å². The topological polar surface area (TPSA) is 0 Å². The highest BCUT2D eigenvalue weighted by Gasteiger charge is 1.98. The molecule has 78 valence electrons. The van der Waals surface area contributed by atoms with Crippen molar-refractivity contribution in [2.75, 3.05) is 0 Å². The lowest BCUT2D eigenvalue weighted by molar-refractivity contribution is 1.11. The van der Waals surface area contributed by atoms with Crippen LogP contribution in [-0.2, 0) is 6.42 Å². The van der Waals surface area contributed by atoms with Crippen molar-refractivity contribution >= 4 is 15.9 Å². The molecule has 0 aliphatic carbocycles. The van der Waals surface area contributed by atoms with Gasteiger partial charge in [-0.3, -0.25) is 4.70 Å². The van der Waals surface area contributed by atoms with E-state index in [-0.39, 0.29) is 4.70 Å². The maximum atomic E-state index is 3.55. The number of halogens is 2. The highest BCUT2D eigenvalue weighted by molar-refractivity contribution is 9.10. The van der Waals surface area contributed by atoms with Crippen LogP contribution in [-0.4, -0.2) is 0 Å². The number of benzene rings is 2. The molecule has 0 radical (unpaired) electrons. The van der Waals surface area contributed by atoms with Crippen LogP contribution in [0, 0.1) is 0 Å². The average molecular weight is 267 g/mol. The van der Waals surface area contributed by atoms with Gasteiger partial charge in [-0.25, -0.2) is 0 Å². The van der Waals surface area contributed by atoms with Crippen LogP contribution in [0.25, 0.3) is 0 Å². The predicted octanol–water partition coefficient (Wildman–Crippen LogP) is 4.19. The molecule has 0 bridgehead atoms. The summed E-state index contributed by atoms with van der Waals surface area (Å²) in [6.45, 7) is 0. The van der Waals surface area contributed by atoms with Crippen LogP contribution in [0.5, 0.6) is 0 Å². The van der Waals surface area contributed by atoms with Crippen molar-refractivity contribution in [2.45, 2.75) is 6.42 Å². The third-order valence-corrected chi connectivity index (χ3v) is 2.97. The summed E-state index contributed by atoms with van der Waals surface area (Å²) >= 11 is 3.55. The van der Waals surface area contributed by atoms with Gasteiger partial charge >= 0.3 is 0 Å². The maximum absolute atomic E-state index is 3.55. The van der Waals surface area contributed by atoms with E-state index in [1.165, 1.54) is 15.6 Å². The lowest BCUT2D eigenvalue weighted by atomic mass is 10.1. The Kier molecular flexibility index (Phi) is 4.50. The normalized spacial score (nSPS) is 9.40. The van der Waals surface area contributed by atoms with Crippen molar-refractivity contribution in [3.63, 3.8) is 0 Å². The van der Waals surface area contributed by atoms with Gasteiger partial charge in [0.05, 0.1) is 0 Å². The van der Waals surface area contributed by atoms with Gasteiger partial charge in [0.25, 0.3) is 0 Å². The molecule has 0 N–H and O–H groups in total. The molecule has 0 unspecified atom stereocenters. The zero-order valence-corrected chi connectivity index (χ0v) is 9.78. The Hall–Kier alpha value is -1.15. The van der Waals surface area contributed by atoms with Crippen molar-refractivity contribution in [1.82, 2.24) is 0 Å². The van der Waals surface area contributed by atoms with E-state index in [9.17, 15) is 0 Å². The van der Waals surface area contributed by atoms with Gasteiger partial charge in [0.1, 0.15) is 0 Å². The van der Waals surface area contributed by atoms with Crippen LogP contribution in [0.3, 0.4) is 0 Å². The third-order valence-electron chi connectivity index (χ3n) is 2.20. The van der Waals surface area contributed by atoms with Crippen molar-refractivity contribution in [1.29, 1.82) is 0 Å². The molecule has 0 fully saturated rings. The van der Waals surface area contributed by atoms with E-state index in [2.05, 4.69) is 58.4 Å². The highest BCUT2D eigenvalue weighted by atomic mass is 79.9. The molecule has 2 rings (SSSR count). The van der Waals surface area contributed by atoms with Crippen LogP contribution in [0.1, 0.15) is 11.1 Å². The Labute approximate surface area is 97.4 Å². The lowest BCUT2D eigenvalue weighted by Crippen LogP contribution is -1.88. The number of hydrogen-bond acceptors (Lipinski definition) is 0. The SMILES string of the molecule is Brc1ccccc1Cc1ccccc1.F. The van der Waals surface area contributed by atoms with Crippen LogP contribution in [0.15, 0.2) is 59.1 Å². The molecule has 15 heavy (non-hydrogen) atoms. The van der Waals surface area contributed by atoms with E-state index in [0.29, 0.717) is 0 Å². The zero-order chi connectivity index (χ0) is 9.80. The molecule has 0 aliphatic heterocycles. The summed E-state index contributed by atoms with van der Waals surface area (Å²) in [5.74, 6) is 0. The molecule has 0 amide bonds. The molecule has 0 heterocycles. The second-order valence-corrected chi connectivity index (χ2v) is 4.11. The second kappa shape index (κ2) is 5.66. The Bertz CT molecular complexity index is 412. The van der Waals surface area contributed by atoms with Crippen molar-refractivity contribution in [3.05, 3.63) is 70.2 Å². The summed E-state index contributed by atoms with van der Waals surface area (Å²) < 4.78 is 1.18. The monoisotopic (exact) mass is 266 g/mol. The summed E-state index contributed by atoms with van der Waals surface area (Å²) in [6, 6.07) is 18.8. The molecule has 0 spiro atoms. The first-order chi connectivity index (χ1) is 6.86. The first kappa shape index (κ1) is 11.9. The van der Waals surface area contributed by atoms with Gasteiger partial charge in [-0.1, -0.05) is 64.5 Å². The smallest absolute Gasteiger partial charge is 0.0210 e. The van der Waals surface area contributed by atoms with Gasteiger partial charge in [-0.15, -0.1) is 0 Å². The standard InChI is InChI=1S/C13H11Br.FH/c14-13-9-5-4-8-12(13)10-11-6-2-1-3-7-11;/h1-9H,10H2;1H. The fraction of sp³-hybridized carbons (Fsp3) is 0.0769. The van der Waals surface area contributed by atoms with E-state index < -0.39 is 0 Å². The van der Waals surface area contributed by atoms with Gasteiger partial charge in [0, 0.05) is 4.47 Å². The Morgan fingerprint density at radius 3 is 2.07 bits per heavy atom. The molecule has 0 saturated carbocycles. The third kappa shape index (κ3) is 3.17. The fourth-order valence-corrected chi connectivity index (χ4v) is 1.88. The summed E-state index contributed by atoms with van der Waals surface area (Å²) in [4.78, 5) is 0. The van der Waals surface area contributed by atoms with Crippen LogP contribution in [0.4, 0.5) is 4.70 Å². The van der Waals surface area contributed by atoms with E-state index in [0.717, 1.165) is 6.42 Å². The second-order valence-electron chi connectivity index (χ2n) is 3.25. The molecule has 0 aromatic heterocycles. The van der Waals surface area contributed by atoms with Crippen LogP contribution < -0.4 is 0 Å². The quantitative estimate of drug-likeness (QED) is 0.765. The molecule has 2 aromatic carbocycles. The predicted molar refractivity (Wildman–Crippen MR) is 65.9 cm³/mol. The summed E-state index contributed by atoms with van der Waals surface area (Å²) in [5.41, 5.74) is 2.68. The molecule has 2 aromatic rings. The highest BCUT2D eigenvalue weighted by Crippen LogP contribution is 2.19. The molecule has 0 atom stereocenters. The summed E-state index contributed by atoms with van der Waals surface area (Å²) in [6.07, 6.45) is 0.988. The molecular formula is C13H12BrF. The van der Waals surface area contributed by atoms with Crippen molar-refractivity contribution < 1.29 is 4.70 Å². The zero-order valence-electron chi connectivity index (χ0n) is 8.19. The molecular weight excluding hydrogens is 255 g/mol. The molecule has 0 aliphatic rings. The molecule has 2 heteroatoms. The Morgan fingerprint density at radius 1 is 0.800 bits per heavy atom. The van der Waals surface area contributed by atoms with E-state index in [1.807, 2.05) is 12.1 Å². The maximum Gasteiger partial charge on any atom is 0.0210 e. The molecule has 0 saturated heterocycles. The minimum Gasteiger partial charge on any atom is -0.269 e. The minimum absolute atomic E-state index is 0. The van der Waals surface area contributed by atoms with Crippen LogP contribution >= 0.6 is 15.9 Å². The van der Waals surface area contributed by atoms with Gasteiger partial charge in [-0.05, 0) is 23.6 Å². The van der Waals surface area contributed by atoms with Gasteiger partial charge in [0.15, 0.2) is 0 Å². The number of hydrogen-bond donors (Lipinski definition) is 0. The van der Waals surface area contributed by atoms with Gasteiger partial charge in [-0.2, -0.15) is 0 Å². The fourth-order valence-electron chi connectivity index (χ4n) is 1.46. The van der Waals surface area contributed by atoms with Crippen LogP contribution in [0.2, 0.25) is 0 Å². The summed E-state index contributed by atoms with van der Waals surface area (Å²) in [7, 11) is 0. The van der Waals surface area contributed by atoms with Crippen molar-refractivity contribution in [2.24, 2.45) is 0 Å². The van der Waals surface area contributed by atoms with Crippen molar-refractivity contribution in [3.8, 4) is 0 Å². The number of rotatable bonds is 2. The first-order valence-corrected chi connectivity index (χ1v) is 5.43. The average Bonchev–Trinajstić information content (AvgIpc) is 2.23. The lowest BCUT2D eigenvalue weighted by Gasteiger charge is -2.03. The van der Waals surface area contributed by atoms with Gasteiger partial charge < -0.3 is 0 Å². The first-order valence-electron chi connectivity index (χ1n) is 4.63. The Balaban J connectivity index is 0.00000112. The van der Waals surface area contributed by atoms with E-state index in [1.54, 1.807) is 0 Å². The van der Waals surface area contributed by atoms with Gasteiger partial charge in [0.2, 0.25) is 0 Å². The minimum atomic E-state index is 0. The Morgan fingerprint density at radius 2 is 1.40 bits per heavy atom. The summed E-state index contributed by atoms with van der Waals surface area (Å²) in [5, 5.41) is 0. The largest absolute Gasteiger partial charge is 0.269 e. The molecule has 0 nitrogen and oxygen atoms in total.